The van der Waals surface area contributed by atoms with Crippen molar-refractivity contribution in [1.29, 1.82) is 0 Å². The maximum absolute atomic E-state index is 12.7. The van der Waals surface area contributed by atoms with Gasteiger partial charge in [-0.1, -0.05) is 12.1 Å². The number of aromatic nitrogens is 1. The molecule has 2 aromatic rings. The van der Waals surface area contributed by atoms with Gasteiger partial charge in [0.15, 0.2) is 5.58 Å². The van der Waals surface area contributed by atoms with Crippen LogP contribution in [0.5, 0.6) is 0 Å². The molecule has 2 amide bonds. The first-order valence-corrected chi connectivity index (χ1v) is 9.61. The third-order valence-corrected chi connectivity index (χ3v) is 5.65. The van der Waals surface area contributed by atoms with Gasteiger partial charge in [0, 0.05) is 50.3 Å². The number of nitrogens with zero attached hydrogens (tertiary/aromatic N) is 4. The highest BCUT2D eigenvalue weighted by Crippen LogP contribution is 2.25. The van der Waals surface area contributed by atoms with Crippen LogP contribution in [0.15, 0.2) is 28.7 Å². The Morgan fingerprint density at radius 3 is 2.71 bits per heavy atom. The molecule has 128 valence electrons. The number of anilines is 1. The number of benzene rings is 1. The smallest absolute Gasteiger partial charge is 0.320 e. The molecule has 1 unspecified atom stereocenters. The zero-order chi connectivity index (χ0) is 16.5. The van der Waals surface area contributed by atoms with Crippen LogP contribution in [-0.2, 0) is 0 Å². The highest BCUT2D eigenvalue weighted by molar-refractivity contribution is 7.99. The number of hydrogen-bond donors (Lipinski definition) is 0. The molecular formula is C17H22N4O2S. The number of carbonyl (C=O) groups excluding carboxylic acids is 1. The number of thioether (sulfide) groups is 1. The van der Waals surface area contributed by atoms with Crippen molar-refractivity contribution in [3.8, 4) is 0 Å². The van der Waals surface area contributed by atoms with E-state index in [1.54, 1.807) is 0 Å². The number of hydrogen-bond acceptors (Lipinski definition) is 5. The molecular weight excluding hydrogens is 324 g/mol. The Hall–Kier alpha value is -1.89. The number of piperazine rings is 1. The van der Waals surface area contributed by atoms with Crippen molar-refractivity contribution in [3.05, 3.63) is 24.3 Å². The third-order valence-electron chi connectivity index (χ3n) is 4.71. The Labute approximate surface area is 145 Å². The van der Waals surface area contributed by atoms with Gasteiger partial charge in [-0.25, -0.2) is 4.79 Å². The summed E-state index contributed by atoms with van der Waals surface area (Å²) in [7, 11) is 0. The standard InChI is InChI=1S/C17H22N4O2S/c1-13-12-20(17(22)19-8-10-24-11-9-19)6-7-21(13)16-18-14-4-2-3-5-15(14)23-16/h2-5,13H,6-12H2,1H3. The van der Waals surface area contributed by atoms with Crippen molar-refractivity contribution in [2.45, 2.75) is 13.0 Å². The lowest BCUT2D eigenvalue weighted by Crippen LogP contribution is -2.57. The molecule has 0 saturated carbocycles. The van der Waals surface area contributed by atoms with Crippen molar-refractivity contribution in [3.63, 3.8) is 0 Å². The fourth-order valence-corrected chi connectivity index (χ4v) is 4.26. The zero-order valence-corrected chi connectivity index (χ0v) is 14.7. The molecule has 0 spiro atoms. The highest BCUT2D eigenvalue weighted by Gasteiger charge is 2.31. The fraction of sp³-hybridized carbons (Fsp3) is 0.529. The molecule has 2 fully saturated rings. The molecule has 6 nitrogen and oxygen atoms in total. The molecule has 0 aliphatic carbocycles. The lowest BCUT2D eigenvalue weighted by molar-refractivity contribution is 0.147. The van der Waals surface area contributed by atoms with Crippen LogP contribution in [0.2, 0.25) is 0 Å². The van der Waals surface area contributed by atoms with E-state index in [0.29, 0.717) is 19.1 Å². The van der Waals surface area contributed by atoms with Gasteiger partial charge < -0.3 is 19.1 Å². The van der Waals surface area contributed by atoms with Crippen LogP contribution in [0, 0.1) is 0 Å². The molecule has 24 heavy (non-hydrogen) atoms. The summed E-state index contributed by atoms with van der Waals surface area (Å²) in [6.07, 6.45) is 0. The van der Waals surface area contributed by atoms with Crippen LogP contribution in [0.25, 0.3) is 11.1 Å². The first-order chi connectivity index (χ1) is 11.7. The predicted molar refractivity (Wildman–Crippen MR) is 96.7 cm³/mol. The minimum atomic E-state index is 0.180. The Kier molecular flexibility index (Phi) is 4.26. The minimum Gasteiger partial charge on any atom is -0.423 e. The number of amides is 2. The summed E-state index contributed by atoms with van der Waals surface area (Å²) < 4.78 is 5.89. The molecule has 1 aromatic carbocycles. The summed E-state index contributed by atoms with van der Waals surface area (Å²) in [6, 6.07) is 8.84. The van der Waals surface area contributed by atoms with Crippen molar-refractivity contribution >= 4 is 34.9 Å². The molecule has 0 N–H and O–H groups in total. The quantitative estimate of drug-likeness (QED) is 0.794. The van der Waals surface area contributed by atoms with E-state index in [9.17, 15) is 4.79 Å². The van der Waals surface area contributed by atoms with Gasteiger partial charge in [-0.15, -0.1) is 0 Å². The number of oxazole rings is 1. The SMILES string of the molecule is CC1CN(C(=O)N2CCSCC2)CCN1c1nc2ccccc2o1. The Balaban J connectivity index is 1.45. The zero-order valence-electron chi connectivity index (χ0n) is 13.9. The van der Waals surface area contributed by atoms with Crippen molar-refractivity contribution in [2.75, 3.05) is 49.1 Å². The summed E-state index contributed by atoms with van der Waals surface area (Å²) >= 11 is 1.92. The maximum Gasteiger partial charge on any atom is 0.320 e. The Morgan fingerprint density at radius 2 is 1.96 bits per heavy atom. The average Bonchev–Trinajstić information content (AvgIpc) is 3.05. The first-order valence-electron chi connectivity index (χ1n) is 8.46. The molecule has 0 bridgehead atoms. The second-order valence-electron chi connectivity index (χ2n) is 6.33. The summed E-state index contributed by atoms with van der Waals surface area (Å²) in [5.74, 6) is 2.09. The average molecular weight is 346 g/mol. The van der Waals surface area contributed by atoms with E-state index in [2.05, 4.69) is 16.8 Å². The van der Waals surface area contributed by atoms with E-state index >= 15 is 0 Å². The Morgan fingerprint density at radius 1 is 1.17 bits per heavy atom. The summed E-state index contributed by atoms with van der Waals surface area (Å²) in [4.78, 5) is 23.4. The molecule has 2 aliphatic rings. The van der Waals surface area contributed by atoms with Gasteiger partial charge in [-0.2, -0.15) is 16.7 Å². The minimum absolute atomic E-state index is 0.180. The summed E-state index contributed by atoms with van der Waals surface area (Å²) in [6.45, 7) is 6.03. The molecule has 2 saturated heterocycles. The van der Waals surface area contributed by atoms with Crippen LogP contribution in [-0.4, -0.2) is 71.1 Å². The summed E-state index contributed by atoms with van der Waals surface area (Å²) in [5, 5.41) is 0. The Bertz CT molecular complexity index is 695. The molecule has 2 aliphatic heterocycles. The van der Waals surface area contributed by atoms with Gasteiger partial charge in [0.05, 0.1) is 0 Å². The van der Waals surface area contributed by atoms with Crippen LogP contribution >= 0.6 is 11.8 Å². The molecule has 0 radical (unpaired) electrons. The lowest BCUT2D eigenvalue weighted by atomic mass is 10.2. The number of para-hydroxylation sites is 2. The number of carbonyl (C=O) groups is 1. The molecule has 1 atom stereocenters. The maximum atomic E-state index is 12.7. The van der Waals surface area contributed by atoms with Crippen LogP contribution in [0.3, 0.4) is 0 Å². The van der Waals surface area contributed by atoms with Gasteiger partial charge in [0.25, 0.3) is 6.01 Å². The van der Waals surface area contributed by atoms with Gasteiger partial charge in [-0.3, -0.25) is 0 Å². The van der Waals surface area contributed by atoms with E-state index < -0.39 is 0 Å². The van der Waals surface area contributed by atoms with Gasteiger partial charge >= 0.3 is 6.03 Å². The lowest BCUT2D eigenvalue weighted by Gasteiger charge is -2.41. The second-order valence-corrected chi connectivity index (χ2v) is 7.56. The largest absolute Gasteiger partial charge is 0.423 e. The highest BCUT2D eigenvalue weighted by atomic mass is 32.2. The van der Waals surface area contributed by atoms with Gasteiger partial charge in [-0.05, 0) is 19.1 Å². The van der Waals surface area contributed by atoms with E-state index in [4.69, 9.17) is 4.42 Å². The van der Waals surface area contributed by atoms with Gasteiger partial charge in [0.1, 0.15) is 5.52 Å². The number of urea groups is 1. The monoisotopic (exact) mass is 346 g/mol. The topological polar surface area (TPSA) is 52.8 Å². The van der Waals surface area contributed by atoms with E-state index in [-0.39, 0.29) is 12.1 Å². The molecule has 4 rings (SSSR count). The summed E-state index contributed by atoms with van der Waals surface area (Å²) in [5.41, 5.74) is 1.69. The fourth-order valence-electron chi connectivity index (χ4n) is 3.35. The van der Waals surface area contributed by atoms with Crippen molar-refractivity contribution in [1.82, 2.24) is 14.8 Å². The first kappa shape index (κ1) is 15.6. The van der Waals surface area contributed by atoms with E-state index in [0.717, 1.165) is 42.2 Å². The second kappa shape index (κ2) is 6.55. The van der Waals surface area contributed by atoms with Crippen LogP contribution in [0.4, 0.5) is 10.8 Å². The van der Waals surface area contributed by atoms with Crippen LogP contribution in [0.1, 0.15) is 6.92 Å². The number of rotatable bonds is 1. The number of fused-ring (bicyclic) bond motifs is 1. The molecule has 7 heteroatoms. The predicted octanol–water partition coefficient (Wildman–Crippen LogP) is 2.51. The third kappa shape index (κ3) is 2.92. The van der Waals surface area contributed by atoms with E-state index in [1.165, 1.54) is 0 Å². The normalized spacial score (nSPS) is 22.2. The molecule has 3 heterocycles. The van der Waals surface area contributed by atoms with Crippen molar-refractivity contribution in [2.24, 2.45) is 0 Å². The van der Waals surface area contributed by atoms with Crippen molar-refractivity contribution < 1.29 is 9.21 Å². The van der Waals surface area contributed by atoms with Gasteiger partial charge in [0.2, 0.25) is 0 Å². The molecule has 1 aromatic heterocycles. The van der Waals surface area contributed by atoms with E-state index in [1.807, 2.05) is 45.8 Å². The van der Waals surface area contributed by atoms with Crippen LogP contribution < -0.4 is 4.90 Å².